The minimum Gasteiger partial charge on any atom is -0.306 e. The predicted octanol–water partition coefficient (Wildman–Crippen LogP) is 2.84. The second-order valence-electron chi connectivity index (χ2n) is 5.24. The van der Waals surface area contributed by atoms with Crippen molar-refractivity contribution in [2.75, 3.05) is 5.32 Å². The highest BCUT2D eigenvalue weighted by atomic mass is 16.1. The van der Waals surface area contributed by atoms with Crippen LogP contribution in [0.25, 0.3) is 16.6 Å². The first-order valence-corrected chi connectivity index (χ1v) is 7.19. The molecule has 6 nitrogen and oxygen atoms in total. The molecule has 0 fully saturated rings. The molecule has 6 heteroatoms. The van der Waals surface area contributed by atoms with Crippen LogP contribution in [0, 0.1) is 6.92 Å². The first-order valence-electron chi connectivity index (χ1n) is 7.19. The van der Waals surface area contributed by atoms with Crippen molar-refractivity contribution in [2.45, 2.75) is 6.92 Å². The van der Waals surface area contributed by atoms with Gasteiger partial charge >= 0.3 is 0 Å². The summed E-state index contributed by atoms with van der Waals surface area (Å²) in [7, 11) is 0. The molecule has 0 unspecified atom stereocenters. The van der Waals surface area contributed by atoms with Gasteiger partial charge in [0.1, 0.15) is 11.6 Å². The molecule has 112 valence electrons. The number of nitrogens with zero attached hydrogens (tertiary/aromatic N) is 4. The molecule has 1 N–H and O–H groups in total. The zero-order valence-corrected chi connectivity index (χ0v) is 12.4. The first-order chi connectivity index (χ1) is 11.2. The lowest BCUT2D eigenvalue weighted by molar-refractivity contribution is 0.102. The number of pyridine rings is 2. The molecule has 0 saturated carbocycles. The number of benzene rings is 1. The van der Waals surface area contributed by atoms with Crippen molar-refractivity contribution in [3.63, 3.8) is 0 Å². The molecular formula is C17H13N5O. The molecule has 0 saturated heterocycles. The topological polar surface area (TPSA) is 72.2 Å². The Kier molecular flexibility index (Phi) is 3.01. The van der Waals surface area contributed by atoms with Gasteiger partial charge < -0.3 is 5.32 Å². The van der Waals surface area contributed by atoms with E-state index in [-0.39, 0.29) is 5.91 Å². The summed E-state index contributed by atoms with van der Waals surface area (Å²) in [4.78, 5) is 16.9. The van der Waals surface area contributed by atoms with Gasteiger partial charge in [-0.25, -0.2) is 4.98 Å². The quantitative estimate of drug-likeness (QED) is 0.618. The number of hydrogen-bond acceptors (Lipinski definition) is 4. The molecule has 0 aliphatic carbocycles. The molecule has 1 amide bonds. The average Bonchev–Trinajstić information content (AvgIpc) is 2.95. The molecule has 0 radical (unpaired) electrons. The standard InChI is InChI=1S/C17H13N5O/c1-11-20-21-16-9-7-13(10-22(11)16)17(23)19-15-8-6-12-4-2-3-5-14(12)18-15/h2-10H,1H3,(H,18,19,23). The number of carbonyl (C=O) groups excluding carboxylic acids is 1. The van der Waals surface area contributed by atoms with Crippen LogP contribution in [0.2, 0.25) is 0 Å². The van der Waals surface area contributed by atoms with Gasteiger partial charge in [-0.3, -0.25) is 9.20 Å². The van der Waals surface area contributed by atoms with Gasteiger partial charge in [0.2, 0.25) is 0 Å². The lowest BCUT2D eigenvalue weighted by Crippen LogP contribution is -2.13. The molecule has 0 spiro atoms. The zero-order valence-electron chi connectivity index (χ0n) is 12.4. The van der Waals surface area contributed by atoms with E-state index in [0.717, 1.165) is 16.7 Å². The zero-order chi connectivity index (χ0) is 15.8. The van der Waals surface area contributed by atoms with Crippen LogP contribution in [0.15, 0.2) is 54.7 Å². The van der Waals surface area contributed by atoms with Gasteiger partial charge in [-0.15, -0.1) is 10.2 Å². The summed E-state index contributed by atoms with van der Waals surface area (Å²) < 4.78 is 1.78. The van der Waals surface area contributed by atoms with Crippen molar-refractivity contribution >= 4 is 28.3 Å². The first kappa shape index (κ1) is 13.4. The van der Waals surface area contributed by atoms with Crippen molar-refractivity contribution in [1.82, 2.24) is 19.6 Å². The van der Waals surface area contributed by atoms with Crippen LogP contribution in [0.3, 0.4) is 0 Å². The van der Waals surface area contributed by atoms with E-state index < -0.39 is 0 Å². The van der Waals surface area contributed by atoms with Crippen LogP contribution in [0.5, 0.6) is 0 Å². The molecule has 4 rings (SSSR count). The third-order valence-electron chi connectivity index (χ3n) is 3.67. The minimum atomic E-state index is -0.220. The van der Waals surface area contributed by atoms with Gasteiger partial charge in [0.25, 0.3) is 5.91 Å². The van der Waals surface area contributed by atoms with E-state index >= 15 is 0 Å². The molecule has 3 aromatic heterocycles. The molecule has 23 heavy (non-hydrogen) atoms. The third-order valence-corrected chi connectivity index (χ3v) is 3.67. The van der Waals surface area contributed by atoms with Crippen LogP contribution in [-0.2, 0) is 0 Å². The second kappa shape index (κ2) is 5.17. The molecular weight excluding hydrogens is 290 g/mol. The Morgan fingerprint density at radius 1 is 1.04 bits per heavy atom. The summed E-state index contributed by atoms with van der Waals surface area (Å²) in [6.07, 6.45) is 1.72. The maximum Gasteiger partial charge on any atom is 0.258 e. The summed E-state index contributed by atoms with van der Waals surface area (Å²) >= 11 is 0. The minimum absolute atomic E-state index is 0.220. The fourth-order valence-corrected chi connectivity index (χ4v) is 2.46. The Labute approximate surface area is 131 Å². The van der Waals surface area contributed by atoms with Crippen LogP contribution >= 0.6 is 0 Å². The van der Waals surface area contributed by atoms with Crippen molar-refractivity contribution in [1.29, 1.82) is 0 Å². The highest BCUT2D eigenvalue weighted by Gasteiger charge is 2.10. The lowest BCUT2D eigenvalue weighted by atomic mass is 10.2. The Balaban J connectivity index is 1.65. The van der Waals surface area contributed by atoms with E-state index in [9.17, 15) is 4.79 Å². The smallest absolute Gasteiger partial charge is 0.258 e. The molecule has 0 aliphatic heterocycles. The van der Waals surface area contributed by atoms with E-state index in [0.29, 0.717) is 17.0 Å². The maximum atomic E-state index is 12.4. The summed E-state index contributed by atoms with van der Waals surface area (Å²) in [6, 6.07) is 15.0. The van der Waals surface area contributed by atoms with E-state index in [2.05, 4.69) is 20.5 Å². The molecule has 1 aromatic carbocycles. The predicted molar refractivity (Wildman–Crippen MR) is 87.4 cm³/mol. The van der Waals surface area contributed by atoms with Crippen molar-refractivity contribution in [2.24, 2.45) is 0 Å². The molecule has 4 aromatic rings. The van der Waals surface area contributed by atoms with E-state index in [1.165, 1.54) is 0 Å². The molecule has 3 heterocycles. The normalized spacial score (nSPS) is 11.0. The summed E-state index contributed by atoms with van der Waals surface area (Å²) in [5, 5.41) is 11.8. The van der Waals surface area contributed by atoms with Crippen LogP contribution in [0.4, 0.5) is 5.82 Å². The highest BCUT2D eigenvalue weighted by molar-refractivity contribution is 6.04. The van der Waals surface area contributed by atoms with Gasteiger partial charge in [-0.05, 0) is 37.3 Å². The summed E-state index contributed by atoms with van der Waals surface area (Å²) in [5.41, 5.74) is 2.08. The Morgan fingerprint density at radius 3 is 2.83 bits per heavy atom. The molecule has 0 bridgehead atoms. The SMILES string of the molecule is Cc1nnc2ccc(C(=O)Nc3ccc4ccccc4n3)cn12. The van der Waals surface area contributed by atoms with Crippen molar-refractivity contribution < 1.29 is 4.79 Å². The fourth-order valence-electron chi connectivity index (χ4n) is 2.46. The number of anilines is 1. The number of para-hydroxylation sites is 1. The van der Waals surface area contributed by atoms with Gasteiger partial charge in [-0.2, -0.15) is 0 Å². The van der Waals surface area contributed by atoms with E-state index in [4.69, 9.17) is 0 Å². The number of fused-ring (bicyclic) bond motifs is 2. The number of amides is 1. The molecule has 0 aliphatic rings. The lowest BCUT2D eigenvalue weighted by Gasteiger charge is -2.06. The third kappa shape index (κ3) is 2.40. The van der Waals surface area contributed by atoms with Crippen molar-refractivity contribution in [3.05, 3.63) is 66.1 Å². The van der Waals surface area contributed by atoms with Gasteiger partial charge in [0.15, 0.2) is 5.65 Å². The Hall–Kier alpha value is -3.28. The fraction of sp³-hybridized carbons (Fsp3) is 0.0588. The van der Waals surface area contributed by atoms with Crippen LogP contribution in [0.1, 0.15) is 16.2 Å². The van der Waals surface area contributed by atoms with E-state index in [1.807, 2.05) is 37.3 Å². The number of hydrogen-bond donors (Lipinski definition) is 1. The summed E-state index contributed by atoms with van der Waals surface area (Å²) in [5.74, 6) is 1.04. The van der Waals surface area contributed by atoms with Gasteiger partial charge in [0.05, 0.1) is 11.1 Å². The van der Waals surface area contributed by atoms with Crippen LogP contribution in [-0.4, -0.2) is 25.5 Å². The summed E-state index contributed by atoms with van der Waals surface area (Å²) in [6.45, 7) is 1.84. The maximum absolute atomic E-state index is 12.4. The number of aromatic nitrogens is 4. The largest absolute Gasteiger partial charge is 0.306 e. The van der Waals surface area contributed by atoms with Gasteiger partial charge in [0, 0.05) is 11.6 Å². The van der Waals surface area contributed by atoms with Gasteiger partial charge in [-0.1, -0.05) is 18.2 Å². The van der Waals surface area contributed by atoms with Crippen molar-refractivity contribution in [3.8, 4) is 0 Å². The number of aryl methyl sites for hydroxylation is 1. The monoisotopic (exact) mass is 303 g/mol. The molecule has 0 atom stereocenters. The Morgan fingerprint density at radius 2 is 1.91 bits per heavy atom. The average molecular weight is 303 g/mol. The second-order valence-corrected chi connectivity index (χ2v) is 5.24. The number of carbonyl (C=O) groups is 1. The number of nitrogens with one attached hydrogen (secondary N) is 1. The Bertz CT molecular complexity index is 1040. The van der Waals surface area contributed by atoms with Crippen LogP contribution < -0.4 is 5.32 Å². The number of rotatable bonds is 2. The van der Waals surface area contributed by atoms with E-state index in [1.54, 1.807) is 28.8 Å². The highest BCUT2D eigenvalue weighted by Crippen LogP contribution is 2.15.